The number of carbonyl (C=O) groups excluding carboxylic acids is 1. The summed E-state index contributed by atoms with van der Waals surface area (Å²) in [6.07, 6.45) is 0.453. The molecule has 145 valence electrons. The van der Waals surface area contributed by atoms with Crippen LogP contribution in [0.1, 0.15) is 36.2 Å². The highest BCUT2D eigenvalue weighted by atomic mass is 32.2. The number of hydrogen-bond donors (Lipinski definition) is 2. The maximum Gasteiger partial charge on any atom is 0.269 e. The Balaban J connectivity index is 2.24. The molecule has 2 aromatic carbocycles. The Morgan fingerprint density at radius 2 is 1.85 bits per heavy atom. The molecular formula is C19H23FN3O3S. The summed E-state index contributed by atoms with van der Waals surface area (Å²) in [5.74, 6) is -0.865. The van der Waals surface area contributed by atoms with E-state index in [9.17, 15) is 17.6 Å². The van der Waals surface area contributed by atoms with Gasteiger partial charge in [-0.25, -0.2) is 17.5 Å². The first-order valence-electron chi connectivity index (χ1n) is 8.48. The van der Waals surface area contributed by atoms with Gasteiger partial charge in [0, 0.05) is 23.4 Å². The van der Waals surface area contributed by atoms with Crippen LogP contribution >= 0.6 is 0 Å². The van der Waals surface area contributed by atoms with Crippen LogP contribution in [0.25, 0.3) is 11.1 Å². The van der Waals surface area contributed by atoms with E-state index in [1.807, 2.05) is 0 Å². The van der Waals surface area contributed by atoms with Crippen LogP contribution in [0.5, 0.6) is 0 Å². The highest BCUT2D eigenvalue weighted by Crippen LogP contribution is 2.31. The molecule has 1 unspecified atom stereocenters. The molecule has 0 bridgehead atoms. The predicted molar refractivity (Wildman–Crippen MR) is 104 cm³/mol. The zero-order valence-electron chi connectivity index (χ0n) is 15.3. The van der Waals surface area contributed by atoms with E-state index in [1.54, 1.807) is 37.3 Å². The number of benzene rings is 2. The Bertz CT molecular complexity index is 926. The summed E-state index contributed by atoms with van der Waals surface area (Å²) >= 11 is 0. The fourth-order valence-corrected chi connectivity index (χ4v) is 3.81. The fourth-order valence-electron chi connectivity index (χ4n) is 2.63. The van der Waals surface area contributed by atoms with Crippen LogP contribution in [0, 0.1) is 0 Å². The molecular weight excluding hydrogens is 369 g/mol. The van der Waals surface area contributed by atoms with E-state index >= 15 is 0 Å². The van der Waals surface area contributed by atoms with Crippen LogP contribution in [-0.2, 0) is 15.7 Å². The van der Waals surface area contributed by atoms with Crippen LogP contribution in [0.2, 0.25) is 0 Å². The molecule has 1 radical (unpaired) electrons. The van der Waals surface area contributed by atoms with Gasteiger partial charge in [-0.05, 0) is 42.7 Å². The van der Waals surface area contributed by atoms with Crippen molar-refractivity contribution >= 4 is 21.6 Å². The molecule has 27 heavy (non-hydrogen) atoms. The van der Waals surface area contributed by atoms with Gasteiger partial charge in [-0.2, -0.15) is 0 Å². The van der Waals surface area contributed by atoms with Gasteiger partial charge in [-0.1, -0.05) is 31.2 Å². The number of nitrogens with one attached hydrogen (secondary N) is 2. The fraction of sp³-hybridized carbons (Fsp3) is 0.316. The molecule has 8 heteroatoms. The van der Waals surface area contributed by atoms with Crippen molar-refractivity contribution in [1.82, 2.24) is 10.5 Å². The standard InChI is InChI=1S/C19H23FN3O3S/c1-3-10-27(25,26)23-12-19(2,20)15-7-4-13(5-8-15)16-11-14(18(22)24)6-9-17(16)21/h4-9,11,22-23H,3,10,12,21H2,1-2H3. The molecule has 0 aromatic heterocycles. The number of halogens is 1. The summed E-state index contributed by atoms with van der Waals surface area (Å²) in [4.78, 5) is 11.2. The van der Waals surface area contributed by atoms with E-state index in [0.717, 1.165) is 0 Å². The SMILES string of the molecule is CCCS(=O)(=O)NCC(C)(F)c1ccc(-c2cc(C([NH])=O)ccc2N)cc1. The minimum atomic E-state index is -3.50. The van der Waals surface area contributed by atoms with Crippen molar-refractivity contribution in [3.63, 3.8) is 0 Å². The zero-order chi connectivity index (χ0) is 20.2. The number of nitrogen functional groups attached to an aromatic ring is 1. The maximum atomic E-state index is 15.0. The van der Waals surface area contributed by atoms with Crippen molar-refractivity contribution in [3.8, 4) is 11.1 Å². The molecule has 4 N–H and O–H groups in total. The van der Waals surface area contributed by atoms with Crippen molar-refractivity contribution in [1.29, 1.82) is 0 Å². The van der Waals surface area contributed by atoms with Gasteiger partial charge in [0.25, 0.3) is 5.91 Å². The van der Waals surface area contributed by atoms with Crippen LogP contribution in [-0.4, -0.2) is 26.6 Å². The molecule has 2 rings (SSSR count). The lowest BCUT2D eigenvalue weighted by Crippen LogP contribution is -2.36. The van der Waals surface area contributed by atoms with Crippen LogP contribution in [0.15, 0.2) is 42.5 Å². The maximum absolute atomic E-state index is 15.0. The molecule has 0 aliphatic rings. The van der Waals surface area contributed by atoms with Gasteiger partial charge >= 0.3 is 0 Å². The quantitative estimate of drug-likeness (QED) is 0.672. The Morgan fingerprint density at radius 1 is 1.22 bits per heavy atom. The van der Waals surface area contributed by atoms with Crippen molar-refractivity contribution in [2.24, 2.45) is 0 Å². The number of rotatable bonds is 8. The van der Waals surface area contributed by atoms with Gasteiger partial charge in [0.2, 0.25) is 10.0 Å². The average molecular weight is 392 g/mol. The molecule has 0 aliphatic heterocycles. The van der Waals surface area contributed by atoms with E-state index in [0.29, 0.717) is 28.8 Å². The van der Waals surface area contributed by atoms with E-state index in [4.69, 9.17) is 11.5 Å². The monoisotopic (exact) mass is 392 g/mol. The molecule has 1 atom stereocenters. The highest BCUT2D eigenvalue weighted by molar-refractivity contribution is 7.89. The largest absolute Gasteiger partial charge is 0.398 e. The van der Waals surface area contributed by atoms with Crippen LogP contribution in [0.4, 0.5) is 10.1 Å². The number of anilines is 1. The number of hydrogen-bond acceptors (Lipinski definition) is 4. The van der Waals surface area contributed by atoms with Gasteiger partial charge in [-0.15, -0.1) is 0 Å². The number of carbonyl (C=O) groups is 1. The van der Waals surface area contributed by atoms with Gasteiger partial charge in [0.05, 0.1) is 5.75 Å². The molecule has 0 saturated heterocycles. The zero-order valence-corrected chi connectivity index (χ0v) is 16.1. The number of nitrogens with two attached hydrogens (primary N) is 1. The number of amides is 1. The molecule has 0 fully saturated rings. The second-order valence-electron chi connectivity index (χ2n) is 6.55. The van der Waals surface area contributed by atoms with Gasteiger partial charge in [-0.3, -0.25) is 10.5 Å². The van der Waals surface area contributed by atoms with Gasteiger partial charge < -0.3 is 5.73 Å². The molecule has 1 amide bonds. The number of alkyl halides is 1. The first kappa shape index (κ1) is 20.9. The first-order valence-corrected chi connectivity index (χ1v) is 10.1. The summed E-state index contributed by atoms with van der Waals surface area (Å²) in [5, 5.41) is 0. The minimum absolute atomic E-state index is 0.0493. The van der Waals surface area contributed by atoms with Gasteiger partial charge in [0.15, 0.2) is 0 Å². The first-order chi connectivity index (χ1) is 12.6. The summed E-state index contributed by atoms with van der Waals surface area (Å²) in [6.45, 7) is 2.69. The lowest BCUT2D eigenvalue weighted by Gasteiger charge is -2.22. The predicted octanol–water partition coefficient (Wildman–Crippen LogP) is 2.87. The molecule has 0 saturated carbocycles. The van der Waals surface area contributed by atoms with E-state index < -0.39 is 21.6 Å². The summed E-state index contributed by atoms with van der Waals surface area (Å²) < 4.78 is 40.7. The van der Waals surface area contributed by atoms with Crippen molar-refractivity contribution < 1.29 is 17.6 Å². The summed E-state index contributed by atoms with van der Waals surface area (Å²) in [5.41, 5.74) is 13.5. The second-order valence-corrected chi connectivity index (χ2v) is 8.47. The third-order valence-electron chi connectivity index (χ3n) is 4.21. The summed E-state index contributed by atoms with van der Waals surface area (Å²) in [7, 11) is -3.50. The second kappa shape index (κ2) is 8.06. The van der Waals surface area contributed by atoms with Crippen molar-refractivity contribution in [2.45, 2.75) is 25.9 Å². The Morgan fingerprint density at radius 3 is 2.41 bits per heavy atom. The van der Waals surface area contributed by atoms with Crippen molar-refractivity contribution in [2.75, 3.05) is 18.0 Å². The lowest BCUT2D eigenvalue weighted by molar-refractivity contribution is 0.0992. The van der Waals surface area contributed by atoms with E-state index in [2.05, 4.69) is 4.72 Å². The highest BCUT2D eigenvalue weighted by Gasteiger charge is 2.27. The average Bonchev–Trinajstić information content (AvgIpc) is 2.60. The Hall–Kier alpha value is -2.45. The third kappa shape index (κ3) is 5.27. The van der Waals surface area contributed by atoms with Crippen LogP contribution < -0.4 is 16.2 Å². The number of sulfonamides is 1. The van der Waals surface area contributed by atoms with E-state index in [-0.39, 0.29) is 17.9 Å². The normalized spacial score (nSPS) is 13.9. The molecule has 6 nitrogen and oxygen atoms in total. The Labute approximate surface area is 158 Å². The summed E-state index contributed by atoms with van der Waals surface area (Å²) in [6, 6.07) is 11.0. The third-order valence-corrected chi connectivity index (χ3v) is 5.74. The van der Waals surface area contributed by atoms with Crippen molar-refractivity contribution in [3.05, 3.63) is 53.6 Å². The Kier molecular flexibility index (Phi) is 6.22. The lowest BCUT2D eigenvalue weighted by atomic mass is 9.94. The minimum Gasteiger partial charge on any atom is -0.398 e. The van der Waals surface area contributed by atoms with Gasteiger partial charge in [0.1, 0.15) is 5.67 Å². The topological polar surface area (TPSA) is 113 Å². The molecule has 0 spiro atoms. The van der Waals surface area contributed by atoms with E-state index in [1.165, 1.54) is 19.1 Å². The molecule has 0 heterocycles. The smallest absolute Gasteiger partial charge is 0.269 e. The molecule has 2 aromatic rings. The van der Waals surface area contributed by atoms with Crippen LogP contribution in [0.3, 0.4) is 0 Å². The molecule has 0 aliphatic carbocycles.